The van der Waals surface area contributed by atoms with Crippen LogP contribution in [0, 0.1) is 12.3 Å². The Bertz CT molecular complexity index is 299. The third kappa shape index (κ3) is 1.43. The van der Waals surface area contributed by atoms with Crippen LogP contribution in [-0.4, -0.2) is 11.4 Å². The van der Waals surface area contributed by atoms with Gasteiger partial charge in [-0.3, -0.25) is 0 Å². The lowest BCUT2D eigenvalue weighted by Crippen LogP contribution is -2.19. The minimum Gasteiger partial charge on any atom is -0.347 e. The van der Waals surface area contributed by atoms with Crippen LogP contribution >= 0.6 is 0 Å². The second kappa shape index (κ2) is 3.32. The molecule has 1 heteroatoms. The van der Waals surface area contributed by atoms with Gasteiger partial charge in [0.1, 0.15) is 0 Å². The molecule has 0 aliphatic carbocycles. The molecule has 12 heavy (non-hydrogen) atoms. The minimum atomic E-state index is 0.886. The van der Waals surface area contributed by atoms with Gasteiger partial charge < -0.3 is 4.90 Å². The van der Waals surface area contributed by atoms with Crippen molar-refractivity contribution in [1.82, 2.24) is 4.90 Å². The largest absolute Gasteiger partial charge is 0.347 e. The molecule has 0 spiro atoms. The van der Waals surface area contributed by atoms with Crippen LogP contribution in [0.4, 0.5) is 0 Å². The van der Waals surface area contributed by atoms with E-state index < -0.39 is 0 Å². The lowest BCUT2D eigenvalue weighted by molar-refractivity contribution is 0.497. The molecule has 1 heterocycles. The first-order valence-electron chi connectivity index (χ1n) is 4.01. The normalized spacial score (nSPS) is 16.8. The van der Waals surface area contributed by atoms with E-state index in [1.807, 2.05) is 13.0 Å². The SMILES string of the molecule is C#CC1=CC(C)=CN(CC)C1=C. The van der Waals surface area contributed by atoms with Crippen molar-refractivity contribution in [2.75, 3.05) is 6.54 Å². The zero-order valence-corrected chi connectivity index (χ0v) is 7.59. The first-order valence-corrected chi connectivity index (χ1v) is 4.01. The van der Waals surface area contributed by atoms with Gasteiger partial charge in [0.2, 0.25) is 0 Å². The summed E-state index contributed by atoms with van der Waals surface area (Å²) in [6.07, 6.45) is 9.38. The highest BCUT2D eigenvalue weighted by Gasteiger charge is 2.10. The molecule has 0 saturated carbocycles. The quantitative estimate of drug-likeness (QED) is 0.531. The Morgan fingerprint density at radius 3 is 2.83 bits per heavy atom. The molecular formula is C11H13N. The zero-order chi connectivity index (χ0) is 9.14. The first kappa shape index (κ1) is 8.67. The molecule has 0 amide bonds. The molecular weight excluding hydrogens is 146 g/mol. The third-order valence-corrected chi connectivity index (χ3v) is 1.89. The van der Waals surface area contributed by atoms with E-state index in [2.05, 4.69) is 30.5 Å². The zero-order valence-electron chi connectivity index (χ0n) is 7.59. The molecule has 0 bridgehead atoms. The number of rotatable bonds is 1. The topological polar surface area (TPSA) is 3.24 Å². The fraction of sp³-hybridized carbons (Fsp3) is 0.273. The van der Waals surface area contributed by atoms with Crippen molar-refractivity contribution in [2.24, 2.45) is 0 Å². The Morgan fingerprint density at radius 2 is 2.33 bits per heavy atom. The highest BCUT2D eigenvalue weighted by molar-refractivity contribution is 5.49. The van der Waals surface area contributed by atoms with Gasteiger partial charge >= 0.3 is 0 Å². The predicted molar refractivity (Wildman–Crippen MR) is 52.2 cm³/mol. The van der Waals surface area contributed by atoms with E-state index in [1.54, 1.807) is 0 Å². The molecule has 0 N–H and O–H groups in total. The van der Waals surface area contributed by atoms with E-state index in [9.17, 15) is 0 Å². The van der Waals surface area contributed by atoms with Gasteiger partial charge in [0.25, 0.3) is 0 Å². The van der Waals surface area contributed by atoms with Crippen molar-refractivity contribution >= 4 is 0 Å². The van der Waals surface area contributed by atoms with Gasteiger partial charge in [0.15, 0.2) is 0 Å². The third-order valence-electron chi connectivity index (χ3n) is 1.89. The maximum absolute atomic E-state index is 5.34. The number of allylic oxidation sites excluding steroid dienone is 3. The second-order valence-corrected chi connectivity index (χ2v) is 2.81. The Hall–Kier alpha value is -1.42. The van der Waals surface area contributed by atoms with Crippen LogP contribution in [0.5, 0.6) is 0 Å². The highest BCUT2D eigenvalue weighted by Crippen LogP contribution is 2.21. The predicted octanol–water partition coefficient (Wildman–Crippen LogP) is 2.30. The Labute approximate surface area is 74.1 Å². The van der Waals surface area contributed by atoms with Crippen LogP contribution in [0.25, 0.3) is 0 Å². The van der Waals surface area contributed by atoms with E-state index in [0.717, 1.165) is 17.8 Å². The Balaban J connectivity index is 3.01. The van der Waals surface area contributed by atoms with Gasteiger partial charge in [-0.05, 0) is 25.5 Å². The second-order valence-electron chi connectivity index (χ2n) is 2.81. The summed E-state index contributed by atoms with van der Waals surface area (Å²) in [4.78, 5) is 2.06. The van der Waals surface area contributed by atoms with Gasteiger partial charge in [0, 0.05) is 24.0 Å². The summed E-state index contributed by atoms with van der Waals surface area (Å²) in [5, 5.41) is 0. The van der Waals surface area contributed by atoms with Gasteiger partial charge in [-0.1, -0.05) is 12.5 Å². The number of hydrogen-bond acceptors (Lipinski definition) is 1. The fourth-order valence-corrected chi connectivity index (χ4v) is 1.23. The van der Waals surface area contributed by atoms with Crippen molar-refractivity contribution in [3.8, 4) is 12.3 Å². The molecule has 0 unspecified atom stereocenters. The van der Waals surface area contributed by atoms with Gasteiger partial charge in [-0.25, -0.2) is 0 Å². The molecule has 0 fully saturated rings. The van der Waals surface area contributed by atoms with E-state index in [1.165, 1.54) is 5.57 Å². The molecule has 1 rings (SSSR count). The van der Waals surface area contributed by atoms with Crippen LogP contribution in [-0.2, 0) is 0 Å². The number of likely N-dealkylation sites (N-methyl/N-ethyl adjacent to an activating group) is 1. The number of nitrogens with zero attached hydrogens (tertiary/aromatic N) is 1. The van der Waals surface area contributed by atoms with Crippen molar-refractivity contribution in [3.63, 3.8) is 0 Å². The average Bonchev–Trinajstić information content (AvgIpc) is 2.08. The Kier molecular flexibility index (Phi) is 2.40. The molecule has 0 atom stereocenters. The Morgan fingerprint density at radius 1 is 1.67 bits per heavy atom. The number of terminal acetylenes is 1. The maximum atomic E-state index is 5.34. The minimum absolute atomic E-state index is 0.886. The summed E-state index contributed by atoms with van der Waals surface area (Å²) in [5.74, 6) is 2.63. The summed E-state index contributed by atoms with van der Waals surface area (Å²) in [6.45, 7) is 8.95. The molecule has 62 valence electrons. The lowest BCUT2D eigenvalue weighted by atomic mass is 10.1. The molecule has 0 aromatic heterocycles. The molecule has 1 aliphatic heterocycles. The van der Waals surface area contributed by atoms with Crippen molar-refractivity contribution in [3.05, 3.63) is 35.7 Å². The summed E-state index contributed by atoms with van der Waals surface area (Å²) < 4.78 is 0. The summed E-state index contributed by atoms with van der Waals surface area (Å²) in [6, 6.07) is 0. The van der Waals surface area contributed by atoms with Crippen LogP contribution < -0.4 is 0 Å². The van der Waals surface area contributed by atoms with E-state index >= 15 is 0 Å². The van der Waals surface area contributed by atoms with Crippen LogP contribution in [0.1, 0.15) is 13.8 Å². The summed E-state index contributed by atoms with van der Waals surface area (Å²) in [5.41, 5.74) is 2.99. The van der Waals surface area contributed by atoms with Crippen LogP contribution in [0.15, 0.2) is 35.7 Å². The summed E-state index contributed by atoms with van der Waals surface area (Å²) >= 11 is 0. The van der Waals surface area contributed by atoms with Gasteiger partial charge in [0.05, 0.1) is 0 Å². The van der Waals surface area contributed by atoms with E-state index in [4.69, 9.17) is 6.42 Å². The van der Waals surface area contributed by atoms with Crippen molar-refractivity contribution in [2.45, 2.75) is 13.8 Å². The molecule has 0 saturated heterocycles. The van der Waals surface area contributed by atoms with Crippen molar-refractivity contribution < 1.29 is 0 Å². The molecule has 0 aromatic carbocycles. The van der Waals surface area contributed by atoms with Crippen LogP contribution in [0.2, 0.25) is 0 Å². The van der Waals surface area contributed by atoms with E-state index in [0.29, 0.717) is 0 Å². The van der Waals surface area contributed by atoms with Crippen LogP contribution in [0.3, 0.4) is 0 Å². The van der Waals surface area contributed by atoms with Crippen molar-refractivity contribution in [1.29, 1.82) is 0 Å². The maximum Gasteiger partial charge on any atom is 0.0492 e. The molecule has 0 radical (unpaired) electrons. The lowest BCUT2D eigenvalue weighted by Gasteiger charge is -2.25. The average molecular weight is 159 g/mol. The van der Waals surface area contributed by atoms with Gasteiger partial charge in [-0.2, -0.15) is 0 Å². The highest BCUT2D eigenvalue weighted by atomic mass is 15.1. The molecule has 0 aromatic rings. The molecule has 1 nitrogen and oxygen atoms in total. The number of hydrogen-bond donors (Lipinski definition) is 0. The van der Waals surface area contributed by atoms with E-state index in [-0.39, 0.29) is 0 Å². The standard InChI is InChI=1S/C11H13N/c1-5-11-7-9(3)8-12(6-2)10(11)4/h1,7-8H,4,6H2,2-3H3. The molecule has 1 aliphatic rings. The monoisotopic (exact) mass is 159 g/mol. The first-order chi connectivity index (χ1) is 5.69. The van der Waals surface area contributed by atoms with Gasteiger partial charge in [-0.15, -0.1) is 6.42 Å². The smallest absolute Gasteiger partial charge is 0.0492 e. The summed E-state index contributed by atoms with van der Waals surface area (Å²) in [7, 11) is 0. The fourth-order valence-electron chi connectivity index (χ4n) is 1.23.